The van der Waals surface area contributed by atoms with Gasteiger partial charge in [0.25, 0.3) is 0 Å². The van der Waals surface area contributed by atoms with E-state index in [0.717, 1.165) is 32.7 Å². The van der Waals surface area contributed by atoms with Gasteiger partial charge < -0.3 is 10.5 Å². The molecule has 0 unspecified atom stereocenters. The van der Waals surface area contributed by atoms with Crippen LogP contribution in [0.25, 0.3) is 0 Å². The minimum absolute atomic E-state index is 0.571. The van der Waals surface area contributed by atoms with Crippen molar-refractivity contribution in [1.82, 2.24) is 4.90 Å². The molecule has 18 heavy (non-hydrogen) atoms. The topological polar surface area (TPSA) is 38.5 Å². The number of hydrogen-bond acceptors (Lipinski definition) is 3. The summed E-state index contributed by atoms with van der Waals surface area (Å²) in [5, 5.41) is 0. The summed E-state index contributed by atoms with van der Waals surface area (Å²) in [6.45, 7) is 5.56. The van der Waals surface area contributed by atoms with Crippen molar-refractivity contribution in [3.63, 3.8) is 0 Å². The zero-order chi connectivity index (χ0) is 13.4. The van der Waals surface area contributed by atoms with Gasteiger partial charge in [-0.15, -0.1) is 0 Å². The van der Waals surface area contributed by atoms with Gasteiger partial charge in [-0.05, 0) is 18.1 Å². The quantitative estimate of drug-likeness (QED) is 0.732. The number of ether oxygens (including phenoxy) is 1. The third-order valence-corrected chi connectivity index (χ3v) is 3.15. The average Bonchev–Trinajstić information content (AvgIpc) is 2.35. The highest BCUT2D eigenvalue weighted by Gasteiger charge is 2.07. The zero-order valence-corrected chi connectivity index (χ0v) is 12.0. The first-order valence-corrected chi connectivity index (χ1v) is 6.58. The lowest BCUT2D eigenvalue weighted by atomic mass is 10.1. The fraction of sp³-hybridized carbons (Fsp3) is 0.500. The summed E-state index contributed by atoms with van der Waals surface area (Å²) in [4.78, 5) is 2.90. The molecule has 0 radical (unpaired) electrons. The molecule has 4 heteroatoms. The van der Waals surface area contributed by atoms with E-state index >= 15 is 0 Å². The molecule has 0 heterocycles. The van der Waals surface area contributed by atoms with Crippen LogP contribution in [0.4, 0.5) is 0 Å². The molecule has 0 saturated heterocycles. The highest BCUT2D eigenvalue weighted by atomic mass is 32.1. The maximum Gasteiger partial charge on any atom is 0.0740 e. The van der Waals surface area contributed by atoms with E-state index in [9.17, 15) is 0 Å². The van der Waals surface area contributed by atoms with Crippen molar-refractivity contribution in [2.45, 2.75) is 19.9 Å². The van der Waals surface area contributed by atoms with Crippen LogP contribution in [0.3, 0.4) is 0 Å². The van der Waals surface area contributed by atoms with Crippen molar-refractivity contribution < 1.29 is 4.74 Å². The standard InChI is InChI=1S/C14H22N2OS/c1-12-5-3-4-6-13(12)11-16(9-10-17-2)8-7-14(15)18/h3-6H,7-11H2,1-2H3,(H2,15,18). The Bertz CT molecular complexity index is 382. The summed E-state index contributed by atoms with van der Waals surface area (Å²) in [6.07, 6.45) is 0.755. The van der Waals surface area contributed by atoms with Gasteiger partial charge in [-0.25, -0.2) is 0 Å². The van der Waals surface area contributed by atoms with Crippen LogP contribution in [0, 0.1) is 6.92 Å². The van der Waals surface area contributed by atoms with E-state index in [2.05, 4.69) is 36.1 Å². The summed E-state index contributed by atoms with van der Waals surface area (Å²) < 4.78 is 5.14. The molecule has 0 atom stereocenters. The van der Waals surface area contributed by atoms with Crippen LogP contribution in [-0.4, -0.2) is 36.7 Å². The van der Waals surface area contributed by atoms with Gasteiger partial charge in [0.05, 0.1) is 11.6 Å². The molecule has 0 aliphatic heterocycles. The van der Waals surface area contributed by atoms with Crippen LogP contribution < -0.4 is 5.73 Å². The molecule has 2 N–H and O–H groups in total. The number of thiocarbonyl (C=S) groups is 1. The number of methoxy groups -OCH3 is 1. The lowest BCUT2D eigenvalue weighted by Gasteiger charge is -2.22. The van der Waals surface area contributed by atoms with Crippen LogP contribution in [0.1, 0.15) is 17.5 Å². The summed E-state index contributed by atoms with van der Waals surface area (Å²) in [5.74, 6) is 0. The lowest BCUT2D eigenvalue weighted by molar-refractivity contribution is 0.145. The van der Waals surface area contributed by atoms with Crippen LogP contribution in [0.15, 0.2) is 24.3 Å². The number of nitrogens with two attached hydrogens (primary N) is 1. The van der Waals surface area contributed by atoms with Crippen molar-refractivity contribution in [2.24, 2.45) is 5.73 Å². The van der Waals surface area contributed by atoms with Crippen LogP contribution >= 0.6 is 12.2 Å². The normalized spacial score (nSPS) is 10.8. The van der Waals surface area contributed by atoms with Gasteiger partial charge in [0.1, 0.15) is 0 Å². The second-order valence-electron chi connectivity index (χ2n) is 4.41. The highest BCUT2D eigenvalue weighted by molar-refractivity contribution is 7.80. The molecule has 0 aromatic heterocycles. The fourth-order valence-corrected chi connectivity index (χ4v) is 1.88. The lowest BCUT2D eigenvalue weighted by Crippen LogP contribution is -2.30. The molecular formula is C14H22N2OS. The van der Waals surface area contributed by atoms with Crippen LogP contribution in [0.5, 0.6) is 0 Å². The van der Waals surface area contributed by atoms with Gasteiger partial charge in [0, 0.05) is 33.2 Å². The Balaban J connectivity index is 2.59. The minimum Gasteiger partial charge on any atom is -0.393 e. The number of rotatable bonds is 8. The van der Waals surface area contributed by atoms with Crippen molar-refractivity contribution in [2.75, 3.05) is 26.8 Å². The minimum atomic E-state index is 0.571. The molecule has 0 fully saturated rings. The predicted molar refractivity (Wildman–Crippen MR) is 79.7 cm³/mol. The number of benzene rings is 1. The zero-order valence-electron chi connectivity index (χ0n) is 11.2. The van der Waals surface area contributed by atoms with E-state index in [4.69, 9.17) is 22.7 Å². The molecule has 0 aliphatic rings. The SMILES string of the molecule is COCCN(CCC(N)=S)Cc1ccccc1C. The van der Waals surface area contributed by atoms with E-state index in [0.29, 0.717) is 4.99 Å². The van der Waals surface area contributed by atoms with Crippen molar-refractivity contribution >= 4 is 17.2 Å². The summed E-state index contributed by atoms with van der Waals surface area (Å²) in [6, 6.07) is 8.44. The Morgan fingerprint density at radius 2 is 2.06 bits per heavy atom. The maximum absolute atomic E-state index is 5.57. The second kappa shape index (κ2) is 8.19. The van der Waals surface area contributed by atoms with E-state index in [1.54, 1.807) is 7.11 Å². The molecule has 0 aliphatic carbocycles. The third kappa shape index (κ3) is 5.58. The van der Waals surface area contributed by atoms with Gasteiger partial charge in [-0.1, -0.05) is 36.5 Å². The van der Waals surface area contributed by atoms with Gasteiger partial charge in [0.15, 0.2) is 0 Å². The smallest absolute Gasteiger partial charge is 0.0740 e. The third-order valence-electron chi connectivity index (χ3n) is 2.94. The number of aryl methyl sites for hydroxylation is 1. The average molecular weight is 266 g/mol. The first-order chi connectivity index (χ1) is 8.63. The van der Waals surface area contributed by atoms with E-state index < -0.39 is 0 Å². The highest BCUT2D eigenvalue weighted by Crippen LogP contribution is 2.10. The monoisotopic (exact) mass is 266 g/mol. The largest absolute Gasteiger partial charge is 0.393 e. The van der Waals surface area contributed by atoms with Crippen molar-refractivity contribution in [3.8, 4) is 0 Å². The summed E-state index contributed by atoms with van der Waals surface area (Å²) in [5.41, 5.74) is 8.23. The molecule has 0 saturated carbocycles. The van der Waals surface area contributed by atoms with Crippen LogP contribution in [0.2, 0.25) is 0 Å². The summed E-state index contributed by atoms with van der Waals surface area (Å²) in [7, 11) is 1.72. The first-order valence-electron chi connectivity index (χ1n) is 6.17. The Hall–Kier alpha value is -0.970. The molecule has 1 rings (SSSR count). The van der Waals surface area contributed by atoms with E-state index in [-0.39, 0.29) is 0 Å². The molecule has 3 nitrogen and oxygen atoms in total. The molecule has 0 amide bonds. The van der Waals surface area contributed by atoms with Crippen LogP contribution in [-0.2, 0) is 11.3 Å². The van der Waals surface area contributed by atoms with Gasteiger partial charge >= 0.3 is 0 Å². The molecule has 0 spiro atoms. The van der Waals surface area contributed by atoms with Crippen molar-refractivity contribution in [1.29, 1.82) is 0 Å². The molecular weight excluding hydrogens is 244 g/mol. The van der Waals surface area contributed by atoms with Gasteiger partial charge in [-0.3, -0.25) is 4.90 Å². The Morgan fingerprint density at radius 3 is 2.67 bits per heavy atom. The number of hydrogen-bond donors (Lipinski definition) is 1. The van der Waals surface area contributed by atoms with Gasteiger partial charge in [-0.2, -0.15) is 0 Å². The van der Waals surface area contributed by atoms with E-state index in [1.165, 1.54) is 11.1 Å². The first kappa shape index (κ1) is 15.1. The molecule has 1 aromatic rings. The molecule has 0 bridgehead atoms. The van der Waals surface area contributed by atoms with E-state index in [1.807, 2.05) is 0 Å². The maximum atomic E-state index is 5.57. The molecule has 1 aromatic carbocycles. The molecule has 100 valence electrons. The Labute approximate surface area is 115 Å². The Morgan fingerprint density at radius 1 is 1.33 bits per heavy atom. The summed E-state index contributed by atoms with van der Waals surface area (Å²) >= 11 is 4.94. The second-order valence-corrected chi connectivity index (χ2v) is 4.94. The van der Waals surface area contributed by atoms with Gasteiger partial charge in [0.2, 0.25) is 0 Å². The van der Waals surface area contributed by atoms with Crippen molar-refractivity contribution in [3.05, 3.63) is 35.4 Å². The number of nitrogens with zero attached hydrogens (tertiary/aromatic N) is 1. The predicted octanol–water partition coefficient (Wildman–Crippen LogP) is 2.12. The Kier molecular flexibility index (Phi) is 6.86. The fourth-order valence-electron chi connectivity index (χ4n) is 1.79.